The van der Waals surface area contributed by atoms with E-state index >= 15 is 0 Å². The summed E-state index contributed by atoms with van der Waals surface area (Å²) >= 11 is 2.27. The van der Waals surface area contributed by atoms with Gasteiger partial charge < -0.3 is 14.2 Å². The highest BCUT2D eigenvalue weighted by Gasteiger charge is 2.24. The van der Waals surface area contributed by atoms with E-state index in [0.29, 0.717) is 30.6 Å². The van der Waals surface area contributed by atoms with Crippen molar-refractivity contribution in [3.8, 4) is 11.5 Å². The molecule has 0 saturated carbocycles. The number of carbonyl (C=O) groups is 1. The number of esters is 1. The van der Waals surface area contributed by atoms with E-state index in [-0.39, 0.29) is 5.70 Å². The second kappa shape index (κ2) is 9.99. The van der Waals surface area contributed by atoms with Crippen molar-refractivity contribution in [2.45, 2.75) is 20.5 Å². The van der Waals surface area contributed by atoms with E-state index in [4.69, 9.17) is 14.2 Å². The molecule has 0 spiro atoms. The molecule has 3 aromatic carbocycles. The highest BCUT2D eigenvalue weighted by atomic mass is 127. The fourth-order valence-corrected chi connectivity index (χ4v) is 3.54. The molecule has 0 atom stereocenters. The van der Waals surface area contributed by atoms with Crippen LogP contribution in [0.2, 0.25) is 0 Å². The topological polar surface area (TPSA) is 57.1 Å². The molecule has 0 unspecified atom stereocenters. The van der Waals surface area contributed by atoms with Gasteiger partial charge in [-0.1, -0.05) is 36.4 Å². The first-order chi connectivity index (χ1) is 15.5. The summed E-state index contributed by atoms with van der Waals surface area (Å²) in [5.74, 6) is 1.10. The Morgan fingerprint density at radius 2 is 1.81 bits per heavy atom. The van der Waals surface area contributed by atoms with Crippen LogP contribution >= 0.6 is 22.6 Å². The van der Waals surface area contributed by atoms with Crippen LogP contribution in [0, 0.1) is 10.5 Å². The van der Waals surface area contributed by atoms with Crippen LogP contribution in [-0.2, 0) is 16.1 Å². The summed E-state index contributed by atoms with van der Waals surface area (Å²) in [6.45, 7) is 4.87. The molecule has 162 valence electrons. The molecule has 0 amide bonds. The molecule has 3 aromatic rings. The third-order valence-electron chi connectivity index (χ3n) is 4.83. The lowest BCUT2D eigenvalue weighted by atomic mass is 10.1. The quantitative estimate of drug-likeness (QED) is 0.213. The summed E-state index contributed by atoms with van der Waals surface area (Å²) in [5, 5.41) is 0. The van der Waals surface area contributed by atoms with E-state index in [1.54, 1.807) is 6.08 Å². The third-order valence-corrected chi connectivity index (χ3v) is 6.04. The standard InChI is InChI=1S/C26H22INO4/c1-3-30-24-15-19(9-12-23(24)31-16-18-7-5-4-6-8-18)14-22-26(29)32-25(28-22)20-10-11-21(27)17(2)13-20/h4-15H,3,16H2,1-2H3/b22-14-. The van der Waals surface area contributed by atoms with Gasteiger partial charge in [0, 0.05) is 9.13 Å². The molecule has 0 N–H and O–H groups in total. The lowest BCUT2D eigenvalue weighted by Gasteiger charge is -2.12. The molecule has 1 heterocycles. The number of benzene rings is 3. The fourth-order valence-electron chi connectivity index (χ4n) is 3.21. The molecule has 0 radical (unpaired) electrons. The maximum Gasteiger partial charge on any atom is 0.363 e. The Bertz CT molecular complexity index is 1200. The third kappa shape index (κ3) is 5.19. The summed E-state index contributed by atoms with van der Waals surface area (Å²) < 4.78 is 18.3. The summed E-state index contributed by atoms with van der Waals surface area (Å²) in [7, 11) is 0. The highest BCUT2D eigenvalue weighted by Crippen LogP contribution is 2.31. The van der Waals surface area contributed by atoms with Gasteiger partial charge >= 0.3 is 5.97 Å². The van der Waals surface area contributed by atoms with E-state index < -0.39 is 5.97 Å². The molecule has 0 aromatic heterocycles. The monoisotopic (exact) mass is 539 g/mol. The number of aryl methyl sites for hydroxylation is 1. The number of rotatable bonds is 7. The first-order valence-corrected chi connectivity index (χ1v) is 11.3. The molecule has 5 nitrogen and oxygen atoms in total. The molecule has 4 rings (SSSR count). The van der Waals surface area contributed by atoms with Gasteiger partial charge in [0.1, 0.15) is 6.61 Å². The maximum atomic E-state index is 12.4. The second-order valence-electron chi connectivity index (χ2n) is 7.21. The summed E-state index contributed by atoms with van der Waals surface area (Å²) in [6, 6.07) is 21.3. The van der Waals surface area contributed by atoms with Crippen LogP contribution in [0.5, 0.6) is 11.5 Å². The summed E-state index contributed by atoms with van der Waals surface area (Å²) in [4.78, 5) is 16.8. The summed E-state index contributed by atoms with van der Waals surface area (Å²) in [5.41, 5.74) is 3.97. The SMILES string of the molecule is CCOc1cc(/C=C2\N=C(c3ccc(I)c(C)c3)OC2=O)ccc1OCc1ccccc1. The minimum atomic E-state index is -0.474. The molecule has 0 fully saturated rings. The minimum absolute atomic E-state index is 0.247. The lowest BCUT2D eigenvalue weighted by molar-refractivity contribution is -0.129. The van der Waals surface area contributed by atoms with Crippen molar-refractivity contribution in [3.05, 3.63) is 98.3 Å². The molecule has 0 bridgehead atoms. The number of aliphatic imine (C=N–C) groups is 1. The average Bonchev–Trinajstić information content (AvgIpc) is 3.16. The Morgan fingerprint density at radius 1 is 1.00 bits per heavy atom. The van der Waals surface area contributed by atoms with E-state index in [2.05, 4.69) is 27.6 Å². The van der Waals surface area contributed by atoms with E-state index in [1.165, 1.54) is 0 Å². The van der Waals surface area contributed by atoms with Crippen molar-refractivity contribution in [1.82, 2.24) is 0 Å². The van der Waals surface area contributed by atoms with Crippen LogP contribution in [0.3, 0.4) is 0 Å². The number of nitrogens with zero attached hydrogens (tertiary/aromatic N) is 1. The van der Waals surface area contributed by atoms with Crippen molar-refractivity contribution < 1.29 is 19.0 Å². The van der Waals surface area contributed by atoms with Crippen molar-refractivity contribution in [1.29, 1.82) is 0 Å². The first kappa shape index (κ1) is 22.1. The zero-order valence-corrected chi connectivity index (χ0v) is 20.0. The van der Waals surface area contributed by atoms with E-state index in [9.17, 15) is 4.79 Å². The number of ether oxygens (including phenoxy) is 3. The maximum absolute atomic E-state index is 12.4. The predicted molar refractivity (Wildman–Crippen MR) is 133 cm³/mol. The fraction of sp³-hybridized carbons (Fsp3) is 0.154. The summed E-state index contributed by atoms with van der Waals surface area (Å²) in [6.07, 6.45) is 1.69. The Morgan fingerprint density at radius 3 is 2.56 bits per heavy atom. The predicted octanol–water partition coefficient (Wildman–Crippen LogP) is 5.92. The molecule has 1 aliphatic rings. The first-order valence-electron chi connectivity index (χ1n) is 10.3. The molecule has 6 heteroatoms. The van der Waals surface area contributed by atoms with Gasteiger partial charge in [-0.05, 0) is 89.5 Å². The van der Waals surface area contributed by atoms with Gasteiger partial charge in [0.2, 0.25) is 5.90 Å². The number of hydrogen-bond donors (Lipinski definition) is 0. The molecule has 0 aliphatic carbocycles. The Kier molecular flexibility index (Phi) is 6.90. The van der Waals surface area contributed by atoms with Crippen molar-refractivity contribution in [3.63, 3.8) is 0 Å². The van der Waals surface area contributed by atoms with Gasteiger partial charge in [-0.3, -0.25) is 0 Å². The molecule has 0 saturated heterocycles. The van der Waals surface area contributed by atoms with Crippen LogP contribution in [0.1, 0.15) is 29.2 Å². The minimum Gasteiger partial charge on any atom is -0.490 e. The molecule has 1 aliphatic heterocycles. The number of cyclic esters (lactones) is 1. The normalized spacial score (nSPS) is 14.3. The van der Waals surface area contributed by atoms with E-state index in [0.717, 1.165) is 25.8 Å². The van der Waals surface area contributed by atoms with E-state index in [1.807, 2.05) is 80.6 Å². The van der Waals surface area contributed by atoms with Crippen LogP contribution in [0.15, 0.2) is 77.4 Å². The van der Waals surface area contributed by atoms with Gasteiger partial charge in [-0.15, -0.1) is 0 Å². The zero-order chi connectivity index (χ0) is 22.5. The Labute approximate surface area is 200 Å². The van der Waals surface area contributed by atoms with Crippen LogP contribution < -0.4 is 9.47 Å². The van der Waals surface area contributed by atoms with Gasteiger partial charge in [-0.25, -0.2) is 9.79 Å². The Balaban J connectivity index is 1.57. The number of hydrogen-bond acceptors (Lipinski definition) is 5. The smallest absolute Gasteiger partial charge is 0.363 e. The average molecular weight is 539 g/mol. The largest absolute Gasteiger partial charge is 0.490 e. The Hall–Kier alpha value is -3.13. The van der Waals surface area contributed by atoms with Crippen LogP contribution in [0.4, 0.5) is 0 Å². The van der Waals surface area contributed by atoms with Gasteiger partial charge in [0.25, 0.3) is 0 Å². The molecular weight excluding hydrogens is 517 g/mol. The van der Waals surface area contributed by atoms with Gasteiger partial charge in [0.05, 0.1) is 6.61 Å². The van der Waals surface area contributed by atoms with Crippen LogP contribution in [-0.4, -0.2) is 18.5 Å². The van der Waals surface area contributed by atoms with Crippen molar-refractivity contribution >= 4 is 40.5 Å². The zero-order valence-electron chi connectivity index (χ0n) is 17.8. The van der Waals surface area contributed by atoms with Crippen molar-refractivity contribution in [2.24, 2.45) is 4.99 Å². The highest BCUT2D eigenvalue weighted by molar-refractivity contribution is 14.1. The molecule has 32 heavy (non-hydrogen) atoms. The second-order valence-corrected chi connectivity index (χ2v) is 8.38. The van der Waals surface area contributed by atoms with Gasteiger partial charge in [-0.2, -0.15) is 0 Å². The lowest BCUT2D eigenvalue weighted by Crippen LogP contribution is -2.05. The van der Waals surface area contributed by atoms with Gasteiger partial charge in [0.15, 0.2) is 17.2 Å². The number of carbonyl (C=O) groups excluding carboxylic acids is 1. The number of halogens is 1. The molecular formula is C26H22INO4. The van der Waals surface area contributed by atoms with Crippen molar-refractivity contribution in [2.75, 3.05) is 6.61 Å². The van der Waals surface area contributed by atoms with Crippen LogP contribution in [0.25, 0.3) is 6.08 Å².